The van der Waals surface area contributed by atoms with Gasteiger partial charge >= 0.3 is 0 Å². The summed E-state index contributed by atoms with van der Waals surface area (Å²) in [6.45, 7) is 4.87. The number of benzene rings is 1. The highest BCUT2D eigenvalue weighted by Gasteiger charge is 2.17. The highest BCUT2D eigenvalue weighted by Crippen LogP contribution is 2.24. The summed E-state index contributed by atoms with van der Waals surface area (Å²) in [6, 6.07) is 11.2. The number of nitrogens with zero attached hydrogens (tertiary/aromatic N) is 1. The number of aromatic nitrogens is 1. The van der Waals surface area contributed by atoms with Crippen molar-refractivity contribution in [2.24, 2.45) is 0 Å². The third-order valence-corrected chi connectivity index (χ3v) is 4.64. The van der Waals surface area contributed by atoms with E-state index >= 15 is 0 Å². The van der Waals surface area contributed by atoms with Gasteiger partial charge in [0, 0.05) is 23.5 Å². The number of hydrogen-bond acceptors (Lipinski definition) is 4. The van der Waals surface area contributed by atoms with E-state index in [0.29, 0.717) is 24.4 Å². The van der Waals surface area contributed by atoms with Crippen LogP contribution in [0.5, 0.6) is 11.5 Å². The maximum atomic E-state index is 12.7. The molecular weight excluding hydrogens is 344 g/mol. The minimum Gasteiger partial charge on any atom is -0.497 e. The third-order valence-electron chi connectivity index (χ3n) is 4.64. The van der Waals surface area contributed by atoms with Crippen LogP contribution in [-0.2, 0) is 13.1 Å². The molecule has 0 spiro atoms. The predicted octanol–water partition coefficient (Wildman–Crippen LogP) is 3.69. The zero-order chi connectivity index (χ0) is 19.4. The van der Waals surface area contributed by atoms with Crippen LogP contribution in [0.3, 0.4) is 0 Å². The molecule has 1 aromatic carbocycles. The van der Waals surface area contributed by atoms with Gasteiger partial charge < -0.3 is 23.8 Å². The Morgan fingerprint density at radius 1 is 1.15 bits per heavy atom. The number of carbonyl (C=O) groups excluding carboxylic acids is 1. The molecule has 6 heteroatoms. The molecule has 2 heterocycles. The lowest BCUT2D eigenvalue weighted by Crippen LogP contribution is -2.23. The second-order valence-corrected chi connectivity index (χ2v) is 6.31. The molecule has 1 N–H and O–H groups in total. The first-order valence-electron chi connectivity index (χ1n) is 8.71. The Kier molecular flexibility index (Phi) is 5.54. The lowest BCUT2D eigenvalue weighted by atomic mass is 10.1. The Morgan fingerprint density at radius 2 is 1.96 bits per heavy atom. The van der Waals surface area contributed by atoms with Crippen LogP contribution in [-0.4, -0.2) is 24.7 Å². The lowest BCUT2D eigenvalue weighted by molar-refractivity contribution is 0.0950. The molecule has 2 aromatic heterocycles. The average molecular weight is 368 g/mol. The van der Waals surface area contributed by atoms with Crippen LogP contribution in [0.2, 0.25) is 0 Å². The maximum Gasteiger partial charge on any atom is 0.253 e. The number of ether oxygens (including phenoxy) is 2. The zero-order valence-corrected chi connectivity index (χ0v) is 16.0. The van der Waals surface area contributed by atoms with Gasteiger partial charge in [0.1, 0.15) is 17.3 Å². The highest BCUT2D eigenvalue weighted by atomic mass is 16.5. The smallest absolute Gasteiger partial charge is 0.253 e. The summed E-state index contributed by atoms with van der Waals surface area (Å²) in [5, 5.41) is 2.97. The molecule has 3 rings (SSSR count). The molecule has 0 bridgehead atoms. The second-order valence-electron chi connectivity index (χ2n) is 6.31. The van der Waals surface area contributed by atoms with Crippen molar-refractivity contribution in [3.8, 4) is 11.5 Å². The van der Waals surface area contributed by atoms with Gasteiger partial charge in [-0.05, 0) is 50.2 Å². The van der Waals surface area contributed by atoms with Gasteiger partial charge in [-0.2, -0.15) is 0 Å². The largest absolute Gasteiger partial charge is 0.497 e. The summed E-state index contributed by atoms with van der Waals surface area (Å²) >= 11 is 0. The summed E-state index contributed by atoms with van der Waals surface area (Å²) in [4.78, 5) is 12.7. The van der Waals surface area contributed by atoms with Crippen LogP contribution in [0.1, 0.15) is 33.1 Å². The van der Waals surface area contributed by atoms with E-state index in [4.69, 9.17) is 13.9 Å². The van der Waals surface area contributed by atoms with Crippen LogP contribution in [0.4, 0.5) is 0 Å². The number of nitrogens with one attached hydrogen (secondary N) is 1. The molecule has 3 aromatic rings. The Morgan fingerprint density at radius 3 is 2.63 bits per heavy atom. The number of rotatable bonds is 7. The van der Waals surface area contributed by atoms with Gasteiger partial charge in [-0.1, -0.05) is 0 Å². The summed E-state index contributed by atoms with van der Waals surface area (Å²) in [6.07, 6.45) is 1.65. The summed E-state index contributed by atoms with van der Waals surface area (Å²) in [7, 11) is 3.22. The lowest BCUT2D eigenvalue weighted by Gasteiger charge is -2.12. The molecular formula is C21H24N2O4. The van der Waals surface area contributed by atoms with Crippen LogP contribution < -0.4 is 14.8 Å². The van der Waals surface area contributed by atoms with Crippen molar-refractivity contribution in [3.05, 3.63) is 70.9 Å². The standard InChI is InChI=1S/C21H24N2O4/c1-14-10-19(15(2)23(14)13-18-6-5-9-27-18)21(24)22-12-16-11-17(25-3)7-8-20(16)26-4/h5-11H,12-13H2,1-4H3,(H,22,24). The molecule has 142 valence electrons. The van der Waals surface area contributed by atoms with Gasteiger partial charge in [0.25, 0.3) is 5.91 Å². The van der Waals surface area contributed by atoms with Gasteiger partial charge in [-0.3, -0.25) is 4.79 Å². The van der Waals surface area contributed by atoms with Gasteiger partial charge in [0.05, 0.1) is 32.6 Å². The molecule has 0 radical (unpaired) electrons. The quantitative estimate of drug-likeness (QED) is 0.691. The Bertz CT molecular complexity index is 926. The number of carbonyl (C=O) groups is 1. The predicted molar refractivity (Wildman–Crippen MR) is 102 cm³/mol. The van der Waals surface area contributed by atoms with E-state index in [0.717, 1.165) is 28.5 Å². The van der Waals surface area contributed by atoms with Crippen molar-refractivity contribution in [2.45, 2.75) is 26.9 Å². The highest BCUT2D eigenvalue weighted by molar-refractivity contribution is 5.95. The monoisotopic (exact) mass is 368 g/mol. The Labute approximate surface area is 158 Å². The van der Waals surface area contributed by atoms with Gasteiger partial charge in [-0.25, -0.2) is 0 Å². The van der Waals surface area contributed by atoms with E-state index in [1.165, 1.54) is 0 Å². The number of furan rings is 1. The fourth-order valence-electron chi connectivity index (χ4n) is 3.12. The summed E-state index contributed by atoms with van der Waals surface area (Å²) in [5.41, 5.74) is 3.42. The first kappa shape index (κ1) is 18.6. The Hall–Kier alpha value is -3.15. The average Bonchev–Trinajstić information content (AvgIpc) is 3.29. The van der Waals surface area contributed by atoms with E-state index in [9.17, 15) is 4.79 Å². The van der Waals surface area contributed by atoms with Crippen molar-refractivity contribution in [2.75, 3.05) is 14.2 Å². The molecule has 0 saturated heterocycles. The maximum absolute atomic E-state index is 12.7. The van der Waals surface area contributed by atoms with E-state index in [-0.39, 0.29) is 5.91 Å². The molecule has 0 atom stereocenters. The molecule has 0 aliphatic carbocycles. The first-order chi connectivity index (χ1) is 13.0. The van der Waals surface area contributed by atoms with Gasteiger partial charge in [0.15, 0.2) is 0 Å². The molecule has 0 fully saturated rings. The topological polar surface area (TPSA) is 65.6 Å². The first-order valence-corrected chi connectivity index (χ1v) is 8.71. The molecule has 1 amide bonds. The van der Waals surface area contributed by atoms with Gasteiger partial charge in [-0.15, -0.1) is 0 Å². The normalized spacial score (nSPS) is 10.7. The van der Waals surface area contributed by atoms with Crippen molar-refractivity contribution < 1.29 is 18.7 Å². The number of aryl methyl sites for hydroxylation is 1. The van der Waals surface area contributed by atoms with E-state index in [2.05, 4.69) is 9.88 Å². The number of amides is 1. The fourth-order valence-corrected chi connectivity index (χ4v) is 3.12. The fraction of sp³-hybridized carbons (Fsp3) is 0.286. The molecule has 0 unspecified atom stereocenters. The number of hydrogen-bond donors (Lipinski definition) is 1. The van der Waals surface area contributed by atoms with Crippen molar-refractivity contribution in [1.29, 1.82) is 0 Å². The van der Waals surface area contributed by atoms with E-state index in [1.54, 1.807) is 20.5 Å². The molecule has 0 aliphatic heterocycles. The van der Waals surface area contributed by atoms with Crippen LogP contribution >= 0.6 is 0 Å². The molecule has 27 heavy (non-hydrogen) atoms. The van der Waals surface area contributed by atoms with Crippen LogP contribution in [0, 0.1) is 13.8 Å². The summed E-state index contributed by atoms with van der Waals surface area (Å²) < 4.78 is 18.1. The van der Waals surface area contributed by atoms with Crippen LogP contribution in [0.25, 0.3) is 0 Å². The molecule has 6 nitrogen and oxygen atoms in total. The van der Waals surface area contributed by atoms with Gasteiger partial charge in [0.2, 0.25) is 0 Å². The van der Waals surface area contributed by atoms with E-state index in [1.807, 2.05) is 50.2 Å². The van der Waals surface area contributed by atoms with Crippen LogP contribution in [0.15, 0.2) is 47.1 Å². The number of methoxy groups -OCH3 is 2. The Balaban J connectivity index is 1.75. The molecule has 0 aliphatic rings. The molecule has 0 saturated carbocycles. The van der Waals surface area contributed by atoms with Crippen molar-refractivity contribution in [1.82, 2.24) is 9.88 Å². The second kappa shape index (κ2) is 8.03. The van der Waals surface area contributed by atoms with Crippen molar-refractivity contribution in [3.63, 3.8) is 0 Å². The SMILES string of the molecule is COc1ccc(OC)c(CNC(=O)c2cc(C)n(Cc3ccco3)c2C)c1. The summed E-state index contributed by atoms with van der Waals surface area (Å²) in [5.74, 6) is 2.15. The van der Waals surface area contributed by atoms with E-state index < -0.39 is 0 Å². The third kappa shape index (κ3) is 4.00. The van der Waals surface area contributed by atoms with Crippen molar-refractivity contribution >= 4 is 5.91 Å². The zero-order valence-electron chi connectivity index (χ0n) is 16.0. The minimum atomic E-state index is -0.126. The minimum absolute atomic E-state index is 0.126.